The van der Waals surface area contributed by atoms with Gasteiger partial charge in [-0.2, -0.15) is 5.26 Å². The molecule has 5 N–H and O–H groups in total. The number of amides is 2. The molecule has 0 aliphatic heterocycles. The molecule has 0 spiro atoms. The van der Waals surface area contributed by atoms with E-state index in [2.05, 4.69) is 16.7 Å². The summed E-state index contributed by atoms with van der Waals surface area (Å²) in [5, 5.41) is 42.4. The summed E-state index contributed by atoms with van der Waals surface area (Å²) in [6.07, 6.45) is 0. The molecule has 0 fully saturated rings. The number of rotatable bonds is 9. The van der Waals surface area contributed by atoms with Crippen molar-refractivity contribution in [3.8, 4) is 22.9 Å². The molecular formula is C25H21N3O8S. The van der Waals surface area contributed by atoms with Crippen molar-refractivity contribution in [2.75, 3.05) is 19.0 Å². The van der Waals surface area contributed by atoms with E-state index in [-0.39, 0.29) is 21.7 Å². The average molecular weight is 524 g/mol. The molecule has 190 valence electrons. The van der Waals surface area contributed by atoms with E-state index in [0.717, 1.165) is 40.0 Å². The van der Waals surface area contributed by atoms with Crippen LogP contribution in [0.3, 0.4) is 0 Å². The number of nitrogens with one attached hydrogen (secondary N) is 2. The predicted octanol–water partition coefficient (Wildman–Crippen LogP) is 2.73. The first-order valence-corrected chi connectivity index (χ1v) is 11.4. The van der Waals surface area contributed by atoms with E-state index in [1.165, 1.54) is 7.11 Å². The number of thiophene rings is 1. The summed E-state index contributed by atoms with van der Waals surface area (Å²) < 4.78 is 5.16. The average Bonchev–Trinajstić information content (AvgIpc) is 3.20. The molecule has 3 aromatic rings. The van der Waals surface area contributed by atoms with E-state index < -0.39 is 42.0 Å². The Morgan fingerprint density at radius 1 is 1.05 bits per heavy atom. The number of aliphatic carboxylic acids is 1. The van der Waals surface area contributed by atoms with Gasteiger partial charge in [0.05, 0.1) is 30.4 Å². The Morgan fingerprint density at radius 2 is 1.73 bits per heavy atom. The Kier molecular flexibility index (Phi) is 8.23. The molecule has 0 aliphatic carbocycles. The third-order valence-electron chi connectivity index (χ3n) is 5.34. The minimum absolute atomic E-state index is 0.206. The maximum Gasteiger partial charge on any atom is 0.336 e. The number of nitrogens with zero attached hydrogens (tertiary/aromatic N) is 1. The molecule has 12 heteroatoms. The van der Waals surface area contributed by atoms with E-state index >= 15 is 0 Å². The number of hydrogen-bond acceptors (Lipinski definition) is 8. The van der Waals surface area contributed by atoms with E-state index in [4.69, 9.17) is 14.9 Å². The summed E-state index contributed by atoms with van der Waals surface area (Å²) in [5.74, 6) is -4.10. The maximum absolute atomic E-state index is 13.0. The van der Waals surface area contributed by atoms with Crippen molar-refractivity contribution < 1.29 is 39.2 Å². The fourth-order valence-corrected chi connectivity index (χ4v) is 4.52. The SMILES string of the molecule is COc1ccc(-c2c(C)sc(NC(=O)c3ccc(C(=O)N[C@@H](CO)C(=O)O)cc3C(=O)O)c2C#N)cc1. The number of hydrogen-bond donors (Lipinski definition) is 5. The molecule has 0 aliphatic rings. The van der Waals surface area contributed by atoms with Gasteiger partial charge in [0.15, 0.2) is 6.04 Å². The molecule has 1 aromatic heterocycles. The lowest BCUT2D eigenvalue weighted by molar-refractivity contribution is -0.140. The molecule has 0 saturated carbocycles. The molecule has 0 unspecified atom stereocenters. The number of aromatic carboxylic acids is 1. The molecule has 37 heavy (non-hydrogen) atoms. The first kappa shape index (κ1) is 26.9. The highest BCUT2D eigenvalue weighted by Crippen LogP contribution is 2.40. The number of methoxy groups -OCH3 is 1. The van der Waals surface area contributed by atoms with Gasteiger partial charge in [0, 0.05) is 16.0 Å². The van der Waals surface area contributed by atoms with Gasteiger partial charge < -0.3 is 30.7 Å². The molecule has 0 bridgehead atoms. The number of carbonyl (C=O) groups excluding carboxylic acids is 2. The lowest BCUT2D eigenvalue weighted by Gasteiger charge is -2.13. The Labute approximate surface area is 214 Å². The summed E-state index contributed by atoms with van der Waals surface area (Å²) in [6.45, 7) is 0.918. The molecule has 1 heterocycles. The van der Waals surface area contributed by atoms with Crippen LogP contribution in [0.5, 0.6) is 5.75 Å². The second-order valence-corrected chi connectivity index (χ2v) is 8.87. The van der Waals surface area contributed by atoms with Crippen LogP contribution in [0.25, 0.3) is 11.1 Å². The van der Waals surface area contributed by atoms with Gasteiger partial charge in [0.1, 0.15) is 16.8 Å². The van der Waals surface area contributed by atoms with Gasteiger partial charge in [0.25, 0.3) is 11.8 Å². The smallest absolute Gasteiger partial charge is 0.336 e. The van der Waals surface area contributed by atoms with E-state index in [1.807, 2.05) is 0 Å². The molecule has 1 atom stereocenters. The monoisotopic (exact) mass is 523 g/mol. The largest absolute Gasteiger partial charge is 0.497 e. The Morgan fingerprint density at radius 3 is 2.27 bits per heavy atom. The van der Waals surface area contributed by atoms with Gasteiger partial charge in [-0.25, -0.2) is 9.59 Å². The van der Waals surface area contributed by atoms with Crippen molar-refractivity contribution in [1.82, 2.24) is 5.32 Å². The summed E-state index contributed by atoms with van der Waals surface area (Å²) in [4.78, 5) is 49.0. The zero-order chi connectivity index (χ0) is 27.3. The number of anilines is 1. The van der Waals surface area contributed by atoms with Crippen LogP contribution in [-0.2, 0) is 4.79 Å². The third-order valence-corrected chi connectivity index (χ3v) is 6.37. The van der Waals surface area contributed by atoms with Crippen LogP contribution in [0.2, 0.25) is 0 Å². The minimum atomic E-state index is -1.59. The summed E-state index contributed by atoms with van der Waals surface area (Å²) in [6, 6.07) is 10.7. The number of aryl methyl sites for hydroxylation is 1. The maximum atomic E-state index is 13.0. The summed E-state index contributed by atoms with van der Waals surface area (Å²) in [5.41, 5.74) is 0.548. The van der Waals surface area contributed by atoms with Crippen molar-refractivity contribution in [1.29, 1.82) is 5.26 Å². The Hall–Kier alpha value is -4.73. The quantitative estimate of drug-likeness (QED) is 0.281. The van der Waals surface area contributed by atoms with Crippen LogP contribution in [-0.4, -0.2) is 58.8 Å². The molecule has 11 nitrogen and oxygen atoms in total. The second kappa shape index (κ2) is 11.3. The number of ether oxygens (including phenoxy) is 1. The highest BCUT2D eigenvalue weighted by atomic mass is 32.1. The van der Waals surface area contributed by atoms with E-state index in [0.29, 0.717) is 11.3 Å². The highest BCUT2D eigenvalue weighted by molar-refractivity contribution is 7.17. The zero-order valence-electron chi connectivity index (χ0n) is 19.6. The van der Waals surface area contributed by atoms with Crippen LogP contribution in [0.15, 0.2) is 42.5 Å². The van der Waals surface area contributed by atoms with Crippen molar-refractivity contribution in [2.24, 2.45) is 0 Å². The van der Waals surface area contributed by atoms with Gasteiger partial charge >= 0.3 is 11.9 Å². The number of carboxylic acids is 2. The van der Waals surface area contributed by atoms with Crippen LogP contribution in [0, 0.1) is 18.3 Å². The number of benzene rings is 2. The van der Waals surface area contributed by atoms with Crippen molar-refractivity contribution >= 4 is 40.1 Å². The van der Waals surface area contributed by atoms with Crippen LogP contribution >= 0.6 is 11.3 Å². The van der Waals surface area contributed by atoms with E-state index in [1.54, 1.807) is 31.2 Å². The zero-order valence-corrected chi connectivity index (χ0v) is 20.4. The number of carboxylic acid groups (broad SMARTS) is 2. The van der Waals surface area contributed by atoms with Gasteiger partial charge in [0.2, 0.25) is 0 Å². The van der Waals surface area contributed by atoms with Gasteiger partial charge in [-0.3, -0.25) is 9.59 Å². The molecule has 3 rings (SSSR count). The van der Waals surface area contributed by atoms with Crippen LogP contribution < -0.4 is 15.4 Å². The number of nitriles is 1. The fourth-order valence-electron chi connectivity index (χ4n) is 3.50. The Bertz CT molecular complexity index is 1420. The van der Waals surface area contributed by atoms with Crippen LogP contribution in [0.1, 0.15) is 41.5 Å². The summed E-state index contributed by atoms with van der Waals surface area (Å²) in [7, 11) is 1.53. The highest BCUT2D eigenvalue weighted by Gasteiger charge is 2.25. The summed E-state index contributed by atoms with van der Waals surface area (Å²) >= 11 is 1.15. The second-order valence-electron chi connectivity index (χ2n) is 7.64. The van der Waals surface area contributed by atoms with Crippen molar-refractivity contribution in [2.45, 2.75) is 13.0 Å². The Balaban J connectivity index is 1.93. The van der Waals surface area contributed by atoms with E-state index in [9.17, 15) is 29.5 Å². The van der Waals surface area contributed by atoms with Crippen LogP contribution in [0.4, 0.5) is 5.00 Å². The first-order chi connectivity index (χ1) is 17.6. The fraction of sp³-hybridized carbons (Fsp3) is 0.160. The number of aliphatic hydroxyl groups is 1. The molecule has 2 aromatic carbocycles. The van der Waals surface area contributed by atoms with Crippen molar-refractivity contribution in [3.63, 3.8) is 0 Å². The number of carbonyl (C=O) groups is 4. The standard InChI is InChI=1S/C25H21N3O8S/c1-12-20(13-3-6-15(36-2)7-4-13)18(10-26)23(37-12)28-22(31)16-8-5-14(9-17(16)24(32)33)21(30)27-19(11-29)25(34)35/h3-9,19,29H,11H2,1-2H3,(H,27,30)(H,28,31)(H,32,33)(H,34,35)/t19-/m0/s1. The van der Waals surface area contributed by atoms with Gasteiger partial charge in [-0.05, 0) is 42.8 Å². The first-order valence-electron chi connectivity index (χ1n) is 10.6. The normalized spacial score (nSPS) is 11.2. The third kappa shape index (κ3) is 5.75. The molecule has 0 radical (unpaired) electrons. The minimum Gasteiger partial charge on any atom is -0.497 e. The molecular weight excluding hydrogens is 502 g/mol. The molecule has 2 amide bonds. The lowest BCUT2D eigenvalue weighted by Crippen LogP contribution is -2.43. The number of aliphatic hydroxyl groups excluding tert-OH is 1. The topological polar surface area (TPSA) is 186 Å². The predicted molar refractivity (Wildman–Crippen MR) is 133 cm³/mol. The molecule has 0 saturated heterocycles. The van der Waals surface area contributed by atoms with Crippen molar-refractivity contribution in [3.05, 3.63) is 69.6 Å². The van der Waals surface area contributed by atoms with Gasteiger partial charge in [-0.15, -0.1) is 11.3 Å². The van der Waals surface area contributed by atoms with Gasteiger partial charge in [-0.1, -0.05) is 12.1 Å². The lowest BCUT2D eigenvalue weighted by atomic mass is 10.0.